The summed E-state index contributed by atoms with van der Waals surface area (Å²) in [5.74, 6) is -1.94. The van der Waals surface area contributed by atoms with Gasteiger partial charge in [0.25, 0.3) is 5.56 Å². The highest BCUT2D eigenvalue weighted by Gasteiger charge is 2.17. The van der Waals surface area contributed by atoms with Crippen molar-refractivity contribution in [3.63, 3.8) is 0 Å². The molecule has 0 aliphatic heterocycles. The van der Waals surface area contributed by atoms with Crippen molar-refractivity contribution in [2.45, 2.75) is 6.92 Å². The highest BCUT2D eigenvalue weighted by atomic mass is 79.9. The molecule has 98 valence electrons. The fraction of sp³-hybridized carbons (Fsp3) is 0.0833. The minimum Gasteiger partial charge on any atom is -0.477 e. The molecule has 0 fully saturated rings. The number of nitrogens with one attached hydrogen (secondary N) is 1. The van der Waals surface area contributed by atoms with Crippen molar-refractivity contribution in [1.82, 2.24) is 9.97 Å². The number of halogens is 2. The van der Waals surface area contributed by atoms with E-state index in [2.05, 4.69) is 25.9 Å². The zero-order valence-electron chi connectivity index (χ0n) is 9.70. The monoisotopic (exact) mass is 326 g/mol. The molecule has 0 amide bonds. The molecule has 0 atom stereocenters. The highest BCUT2D eigenvalue weighted by molar-refractivity contribution is 9.10. The molecule has 2 N–H and O–H groups in total. The smallest absolute Gasteiger partial charge is 0.343 e. The molecule has 5 nitrogen and oxygen atoms in total. The number of carboxylic acid groups (broad SMARTS) is 1. The molecule has 0 aliphatic rings. The van der Waals surface area contributed by atoms with Crippen LogP contribution in [0.5, 0.6) is 0 Å². The van der Waals surface area contributed by atoms with E-state index >= 15 is 0 Å². The number of nitrogens with zero attached hydrogens (tertiary/aromatic N) is 1. The SMILES string of the molecule is Cc1nc(-c2ccc(Br)cc2F)[nH]c(=O)c1C(=O)O. The van der Waals surface area contributed by atoms with Gasteiger partial charge in [0.15, 0.2) is 0 Å². The quantitative estimate of drug-likeness (QED) is 0.887. The Morgan fingerprint density at radius 1 is 1.47 bits per heavy atom. The highest BCUT2D eigenvalue weighted by Crippen LogP contribution is 2.22. The van der Waals surface area contributed by atoms with Crippen molar-refractivity contribution in [3.8, 4) is 11.4 Å². The number of H-pyrrole nitrogens is 1. The standard InChI is InChI=1S/C12H8BrFN2O3/c1-5-9(12(18)19)11(17)16-10(15-5)7-3-2-6(13)4-8(7)14/h2-4H,1H3,(H,18,19)(H,15,16,17). The van der Waals surface area contributed by atoms with E-state index in [0.717, 1.165) is 0 Å². The maximum atomic E-state index is 13.8. The number of benzene rings is 1. The van der Waals surface area contributed by atoms with Crippen molar-refractivity contribution < 1.29 is 14.3 Å². The third-order valence-electron chi connectivity index (χ3n) is 2.50. The number of carbonyl (C=O) groups is 1. The summed E-state index contributed by atoms with van der Waals surface area (Å²) in [6, 6.07) is 4.27. The van der Waals surface area contributed by atoms with Crippen molar-refractivity contribution in [2.24, 2.45) is 0 Å². The maximum Gasteiger partial charge on any atom is 0.343 e. The Hall–Kier alpha value is -2.02. The fourth-order valence-corrected chi connectivity index (χ4v) is 1.98. The van der Waals surface area contributed by atoms with Gasteiger partial charge in [-0.2, -0.15) is 0 Å². The topological polar surface area (TPSA) is 83.0 Å². The Labute approximate surface area is 115 Å². The molecule has 2 aromatic rings. The fourth-order valence-electron chi connectivity index (χ4n) is 1.65. The Morgan fingerprint density at radius 2 is 2.16 bits per heavy atom. The Kier molecular flexibility index (Phi) is 3.48. The lowest BCUT2D eigenvalue weighted by molar-refractivity contribution is 0.0693. The van der Waals surface area contributed by atoms with Gasteiger partial charge in [0.05, 0.1) is 11.3 Å². The zero-order chi connectivity index (χ0) is 14.2. The van der Waals surface area contributed by atoms with Crippen molar-refractivity contribution in [3.05, 3.63) is 50.1 Å². The molecule has 19 heavy (non-hydrogen) atoms. The van der Waals surface area contributed by atoms with E-state index in [1.54, 1.807) is 6.07 Å². The number of carboxylic acids is 1. The predicted molar refractivity (Wildman–Crippen MR) is 69.6 cm³/mol. The number of aromatic carboxylic acids is 1. The minimum absolute atomic E-state index is 0.00231. The van der Waals surface area contributed by atoms with E-state index in [0.29, 0.717) is 4.47 Å². The van der Waals surface area contributed by atoms with Gasteiger partial charge in [0.1, 0.15) is 17.2 Å². The summed E-state index contributed by atoms with van der Waals surface area (Å²) in [6.45, 7) is 1.39. The molecular formula is C12H8BrFN2O3. The lowest BCUT2D eigenvalue weighted by Gasteiger charge is -2.06. The minimum atomic E-state index is -1.37. The molecule has 1 aromatic carbocycles. The van der Waals surface area contributed by atoms with Gasteiger partial charge < -0.3 is 10.1 Å². The van der Waals surface area contributed by atoms with Crippen molar-refractivity contribution >= 4 is 21.9 Å². The van der Waals surface area contributed by atoms with Gasteiger partial charge in [-0.15, -0.1) is 0 Å². The summed E-state index contributed by atoms with van der Waals surface area (Å²) in [5.41, 5.74) is -1.12. The number of rotatable bonds is 2. The van der Waals surface area contributed by atoms with Gasteiger partial charge >= 0.3 is 5.97 Å². The lowest BCUT2D eigenvalue weighted by Crippen LogP contribution is -2.21. The van der Waals surface area contributed by atoms with Crippen LogP contribution in [0.2, 0.25) is 0 Å². The first kappa shape index (κ1) is 13.4. The summed E-state index contributed by atoms with van der Waals surface area (Å²) in [7, 11) is 0. The lowest BCUT2D eigenvalue weighted by atomic mass is 10.1. The van der Waals surface area contributed by atoms with Crippen LogP contribution in [-0.2, 0) is 0 Å². The number of hydrogen-bond donors (Lipinski definition) is 2. The molecule has 2 rings (SSSR count). The maximum absolute atomic E-state index is 13.8. The van der Waals surface area contributed by atoms with E-state index in [4.69, 9.17) is 5.11 Å². The molecule has 7 heteroatoms. The third kappa shape index (κ3) is 2.55. The van der Waals surface area contributed by atoms with E-state index in [1.807, 2.05) is 0 Å². The molecule has 1 aromatic heterocycles. The Morgan fingerprint density at radius 3 is 2.68 bits per heavy atom. The van der Waals surface area contributed by atoms with Crippen LogP contribution in [0.1, 0.15) is 16.1 Å². The van der Waals surface area contributed by atoms with E-state index in [-0.39, 0.29) is 17.1 Å². The molecule has 0 unspecified atom stereocenters. The largest absolute Gasteiger partial charge is 0.477 e. The van der Waals surface area contributed by atoms with Crippen LogP contribution in [0.15, 0.2) is 27.5 Å². The molecule has 0 radical (unpaired) electrons. The molecule has 0 saturated heterocycles. The van der Waals surface area contributed by atoms with E-state index < -0.39 is 22.9 Å². The van der Waals surface area contributed by atoms with E-state index in [9.17, 15) is 14.0 Å². The Balaban J connectivity index is 2.65. The average Bonchev–Trinajstić information content (AvgIpc) is 2.26. The first-order valence-electron chi connectivity index (χ1n) is 5.20. The van der Waals surface area contributed by atoms with Gasteiger partial charge in [-0.3, -0.25) is 4.79 Å². The molecular weight excluding hydrogens is 319 g/mol. The molecule has 0 bridgehead atoms. The second-order valence-corrected chi connectivity index (χ2v) is 4.72. The predicted octanol–water partition coefficient (Wildman–Crippen LogP) is 2.35. The first-order chi connectivity index (χ1) is 8.90. The van der Waals surface area contributed by atoms with Crippen molar-refractivity contribution in [2.75, 3.05) is 0 Å². The summed E-state index contributed by atoms with van der Waals surface area (Å²) < 4.78 is 14.3. The van der Waals surface area contributed by atoms with Gasteiger partial charge in [0.2, 0.25) is 0 Å². The van der Waals surface area contributed by atoms with Crippen molar-refractivity contribution in [1.29, 1.82) is 0 Å². The number of hydrogen-bond acceptors (Lipinski definition) is 3. The normalized spacial score (nSPS) is 10.5. The van der Waals surface area contributed by atoms with Crippen LogP contribution < -0.4 is 5.56 Å². The van der Waals surface area contributed by atoms with Crippen LogP contribution in [0.25, 0.3) is 11.4 Å². The van der Waals surface area contributed by atoms with Gasteiger partial charge in [-0.1, -0.05) is 15.9 Å². The number of aromatic amines is 1. The van der Waals surface area contributed by atoms with Gasteiger partial charge in [0, 0.05) is 4.47 Å². The Bertz CT molecular complexity index is 727. The summed E-state index contributed by atoms with van der Waals surface area (Å²) in [6.07, 6.45) is 0. The average molecular weight is 327 g/mol. The number of aromatic nitrogens is 2. The second-order valence-electron chi connectivity index (χ2n) is 3.80. The summed E-state index contributed by atoms with van der Waals surface area (Å²) in [4.78, 5) is 28.7. The van der Waals surface area contributed by atoms with Crippen LogP contribution in [0.3, 0.4) is 0 Å². The zero-order valence-corrected chi connectivity index (χ0v) is 11.3. The van der Waals surface area contributed by atoms with E-state index in [1.165, 1.54) is 19.1 Å². The summed E-state index contributed by atoms with van der Waals surface area (Å²) >= 11 is 3.12. The third-order valence-corrected chi connectivity index (χ3v) is 2.99. The molecule has 1 heterocycles. The van der Waals surface area contributed by atoms with Gasteiger partial charge in [-0.05, 0) is 25.1 Å². The van der Waals surface area contributed by atoms with Crippen LogP contribution >= 0.6 is 15.9 Å². The number of aryl methyl sites for hydroxylation is 1. The van der Waals surface area contributed by atoms with Gasteiger partial charge in [-0.25, -0.2) is 14.2 Å². The van der Waals surface area contributed by atoms with Crippen LogP contribution in [-0.4, -0.2) is 21.0 Å². The van der Waals surface area contributed by atoms with Crippen LogP contribution in [0, 0.1) is 12.7 Å². The van der Waals surface area contributed by atoms with Crippen LogP contribution in [0.4, 0.5) is 4.39 Å². The molecule has 0 saturated carbocycles. The molecule has 0 aliphatic carbocycles. The first-order valence-corrected chi connectivity index (χ1v) is 5.99. The summed E-state index contributed by atoms with van der Waals surface area (Å²) in [5, 5.41) is 8.86. The molecule has 0 spiro atoms. The second kappa shape index (κ2) is 4.93.